The molecule has 0 bridgehead atoms. The fraction of sp³-hybridized carbons (Fsp3) is 0.412. The van der Waals surface area contributed by atoms with Gasteiger partial charge >= 0.3 is 0 Å². The summed E-state index contributed by atoms with van der Waals surface area (Å²) < 4.78 is 7.32. The number of benzene rings is 2. The molecule has 0 aromatic heterocycles. The zero-order valence-corrected chi connectivity index (χ0v) is 13.8. The van der Waals surface area contributed by atoms with E-state index in [2.05, 4.69) is 72.3 Å². The molecule has 2 nitrogen and oxygen atoms in total. The maximum Gasteiger partial charge on any atom is 0.139 e. The number of hydrogen-bond acceptors (Lipinski definition) is 2. The Hall–Kier alpha value is -1.06. The lowest BCUT2D eigenvalue weighted by molar-refractivity contribution is 0.0657. The van der Waals surface area contributed by atoms with Gasteiger partial charge in [-0.2, -0.15) is 0 Å². The second kappa shape index (κ2) is 5.05. The van der Waals surface area contributed by atoms with Gasteiger partial charge in [0.25, 0.3) is 0 Å². The highest BCUT2D eigenvalue weighted by Crippen LogP contribution is 2.46. The zero-order chi connectivity index (χ0) is 14.3. The van der Waals surface area contributed by atoms with Crippen LogP contribution in [-0.2, 0) is 0 Å². The first-order chi connectivity index (χ1) is 9.52. The van der Waals surface area contributed by atoms with Crippen LogP contribution in [0.25, 0.3) is 10.8 Å². The van der Waals surface area contributed by atoms with Crippen LogP contribution in [0.5, 0.6) is 5.75 Å². The van der Waals surface area contributed by atoms with Gasteiger partial charge in [0, 0.05) is 18.0 Å². The van der Waals surface area contributed by atoms with Gasteiger partial charge in [0.1, 0.15) is 11.4 Å². The number of ether oxygens (including phenoxy) is 1. The van der Waals surface area contributed by atoms with Crippen LogP contribution in [0.2, 0.25) is 0 Å². The van der Waals surface area contributed by atoms with Gasteiger partial charge in [-0.3, -0.25) is 0 Å². The van der Waals surface area contributed by atoms with E-state index in [4.69, 9.17) is 4.74 Å². The number of rotatable bonds is 2. The Morgan fingerprint density at radius 2 is 2.10 bits per heavy atom. The minimum Gasteiger partial charge on any atom is -0.486 e. The Bertz CT molecular complexity index is 651. The number of hydrogen-bond donors (Lipinski definition) is 1. The second-order valence-electron chi connectivity index (χ2n) is 6.01. The third kappa shape index (κ3) is 2.33. The highest BCUT2D eigenvalue weighted by Gasteiger charge is 2.35. The first-order valence-corrected chi connectivity index (χ1v) is 7.94. The first kappa shape index (κ1) is 13.9. The molecule has 3 heteroatoms. The fourth-order valence-electron chi connectivity index (χ4n) is 3.02. The summed E-state index contributed by atoms with van der Waals surface area (Å²) in [5.74, 6) is 0.992. The van der Waals surface area contributed by atoms with E-state index < -0.39 is 0 Å². The largest absolute Gasteiger partial charge is 0.486 e. The molecule has 0 aliphatic carbocycles. The molecular weight excluding hydrogens is 314 g/mol. The first-order valence-electron chi connectivity index (χ1n) is 7.15. The summed E-state index contributed by atoms with van der Waals surface area (Å²) in [6.07, 6.45) is 0.985. The van der Waals surface area contributed by atoms with Crippen molar-refractivity contribution in [3.63, 3.8) is 0 Å². The number of nitrogens with one attached hydrogen (secondary N) is 1. The molecule has 3 rings (SSSR count). The molecular formula is C17H20BrNO. The molecule has 0 radical (unpaired) electrons. The van der Waals surface area contributed by atoms with Crippen LogP contribution in [0.4, 0.5) is 0 Å². The molecule has 20 heavy (non-hydrogen) atoms. The van der Waals surface area contributed by atoms with E-state index in [1.54, 1.807) is 0 Å². The standard InChI is InChI=1S/C17H20BrNO/c1-4-19-14-10-17(2,3)20-16-13(14)9-11-7-5-6-8-12(11)15(16)18/h5-9,14,19H,4,10H2,1-3H3. The van der Waals surface area contributed by atoms with Crippen molar-refractivity contribution in [1.82, 2.24) is 5.32 Å². The Balaban J connectivity index is 2.23. The minimum absolute atomic E-state index is 0.148. The van der Waals surface area contributed by atoms with Gasteiger partial charge in [0.15, 0.2) is 0 Å². The van der Waals surface area contributed by atoms with Gasteiger partial charge in [0.05, 0.1) is 4.47 Å². The average Bonchev–Trinajstić information content (AvgIpc) is 2.40. The number of halogens is 1. The molecule has 0 fully saturated rings. The van der Waals surface area contributed by atoms with Crippen molar-refractivity contribution in [3.8, 4) is 5.75 Å². The average molecular weight is 334 g/mol. The van der Waals surface area contributed by atoms with Gasteiger partial charge < -0.3 is 10.1 Å². The summed E-state index contributed by atoms with van der Waals surface area (Å²) in [6.45, 7) is 7.42. The Kier molecular flexibility index (Phi) is 3.51. The van der Waals surface area contributed by atoms with Gasteiger partial charge in [0.2, 0.25) is 0 Å². The normalized spacial score (nSPS) is 20.5. The predicted octanol–water partition coefficient (Wildman–Crippen LogP) is 4.81. The van der Waals surface area contributed by atoms with Crippen LogP contribution < -0.4 is 10.1 Å². The van der Waals surface area contributed by atoms with E-state index in [0.29, 0.717) is 6.04 Å². The van der Waals surface area contributed by atoms with E-state index >= 15 is 0 Å². The topological polar surface area (TPSA) is 21.3 Å². The molecule has 0 amide bonds. The second-order valence-corrected chi connectivity index (χ2v) is 6.80. The van der Waals surface area contributed by atoms with Crippen molar-refractivity contribution in [1.29, 1.82) is 0 Å². The van der Waals surface area contributed by atoms with E-state index in [-0.39, 0.29) is 5.60 Å². The number of fused-ring (bicyclic) bond motifs is 2. The highest BCUT2D eigenvalue weighted by molar-refractivity contribution is 9.10. The van der Waals surface area contributed by atoms with Crippen LogP contribution in [0.1, 0.15) is 38.8 Å². The van der Waals surface area contributed by atoms with Crippen LogP contribution in [0.3, 0.4) is 0 Å². The minimum atomic E-state index is -0.148. The van der Waals surface area contributed by atoms with Crippen LogP contribution in [0.15, 0.2) is 34.8 Å². The van der Waals surface area contributed by atoms with E-state index in [1.807, 2.05) is 0 Å². The van der Waals surface area contributed by atoms with Crippen molar-refractivity contribution < 1.29 is 4.74 Å². The molecule has 106 valence electrons. The summed E-state index contributed by atoms with van der Waals surface area (Å²) in [6, 6.07) is 11.0. The Morgan fingerprint density at radius 1 is 1.35 bits per heavy atom. The molecule has 1 unspecified atom stereocenters. The molecule has 1 heterocycles. The smallest absolute Gasteiger partial charge is 0.139 e. The van der Waals surface area contributed by atoms with Crippen molar-refractivity contribution in [2.75, 3.05) is 6.54 Å². The van der Waals surface area contributed by atoms with Crippen molar-refractivity contribution >= 4 is 26.7 Å². The van der Waals surface area contributed by atoms with Crippen molar-refractivity contribution in [2.24, 2.45) is 0 Å². The lowest BCUT2D eigenvalue weighted by Crippen LogP contribution is -2.39. The summed E-state index contributed by atoms with van der Waals surface area (Å²) in [5, 5.41) is 6.05. The SMILES string of the molecule is CCNC1CC(C)(C)Oc2c1cc1ccccc1c2Br. The van der Waals surface area contributed by atoms with Gasteiger partial charge in [-0.05, 0) is 53.2 Å². The third-order valence-corrected chi connectivity index (χ3v) is 4.66. The fourth-order valence-corrected chi connectivity index (χ4v) is 3.69. The predicted molar refractivity (Wildman–Crippen MR) is 87.4 cm³/mol. The quantitative estimate of drug-likeness (QED) is 0.851. The van der Waals surface area contributed by atoms with E-state index in [0.717, 1.165) is 23.2 Å². The molecule has 2 aromatic rings. The molecule has 2 aromatic carbocycles. The molecule has 1 aliphatic heterocycles. The molecule has 1 aliphatic rings. The van der Waals surface area contributed by atoms with Gasteiger partial charge in [-0.25, -0.2) is 0 Å². The highest BCUT2D eigenvalue weighted by atomic mass is 79.9. The maximum absolute atomic E-state index is 6.25. The lowest BCUT2D eigenvalue weighted by Gasteiger charge is -2.38. The zero-order valence-electron chi connectivity index (χ0n) is 12.2. The van der Waals surface area contributed by atoms with E-state index in [1.165, 1.54) is 16.3 Å². The monoisotopic (exact) mass is 333 g/mol. The van der Waals surface area contributed by atoms with E-state index in [9.17, 15) is 0 Å². The molecule has 0 saturated carbocycles. The summed E-state index contributed by atoms with van der Waals surface area (Å²) in [7, 11) is 0. The van der Waals surface area contributed by atoms with Crippen LogP contribution >= 0.6 is 15.9 Å². The Labute approximate surface area is 128 Å². The molecule has 1 atom stereocenters. The van der Waals surface area contributed by atoms with Gasteiger partial charge in [-0.1, -0.05) is 31.2 Å². The summed E-state index contributed by atoms with van der Waals surface area (Å²) in [4.78, 5) is 0. The molecule has 1 N–H and O–H groups in total. The summed E-state index contributed by atoms with van der Waals surface area (Å²) in [5.41, 5.74) is 1.11. The van der Waals surface area contributed by atoms with Crippen molar-refractivity contribution in [3.05, 3.63) is 40.4 Å². The Morgan fingerprint density at radius 3 is 2.85 bits per heavy atom. The maximum atomic E-state index is 6.25. The van der Waals surface area contributed by atoms with Crippen LogP contribution in [-0.4, -0.2) is 12.1 Å². The molecule has 0 spiro atoms. The third-order valence-electron chi connectivity index (χ3n) is 3.87. The molecule has 0 saturated heterocycles. The van der Waals surface area contributed by atoms with Gasteiger partial charge in [-0.15, -0.1) is 0 Å². The van der Waals surface area contributed by atoms with Crippen molar-refractivity contribution in [2.45, 2.75) is 38.8 Å². The lowest BCUT2D eigenvalue weighted by atomic mass is 9.88. The van der Waals surface area contributed by atoms with Crippen LogP contribution in [0, 0.1) is 0 Å². The summed E-state index contributed by atoms with van der Waals surface area (Å²) >= 11 is 3.75.